The van der Waals surface area contributed by atoms with Crippen LogP contribution >= 0.6 is 0 Å². The van der Waals surface area contributed by atoms with Crippen LogP contribution in [0.2, 0.25) is 0 Å². The molecule has 1 atom stereocenters. The van der Waals surface area contributed by atoms with E-state index in [9.17, 15) is 0 Å². The minimum absolute atomic E-state index is 0.0367. The monoisotopic (exact) mass is 260 g/mol. The maximum Gasteiger partial charge on any atom is 0.250 e. The minimum atomic E-state index is 0.0367. The number of nitrogens with two attached hydrogens (primary N) is 1. The Morgan fingerprint density at radius 3 is 2.95 bits per heavy atom. The van der Waals surface area contributed by atoms with Crippen molar-refractivity contribution in [1.29, 1.82) is 0 Å². The standard InChI is InChI=1S/C12H16N6O/c13-8-11-9-17(6-7-19-11)12-14-15-16-18(12)10-4-2-1-3-5-10/h1-5,11H,6-9,13H2. The number of rotatable bonds is 3. The van der Waals surface area contributed by atoms with E-state index in [1.54, 1.807) is 4.68 Å². The molecular weight excluding hydrogens is 244 g/mol. The van der Waals surface area contributed by atoms with Crippen molar-refractivity contribution in [2.45, 2.75) is 6.10 Å². The van der Waals surface area contributed by atoms with Gasteiger partial charge in [-0.25, -0.2) is 0 Å². The summed E-state index contributed by atoms with van der Waals surface area (Å²) in [5, 5.41) is 11.9. The predicted octanol–water partition coefficient (Wildman–Crippen LogP) is -0.174. The molecule has 1 aromatic heterocycles. The van der Waals surface area contributed by atoms with E-state index in [2.05, 4.69) is 20.4 Å². The van der Waals surface area contributed by atoms with E-state index in [1.807, 2.05) is 30.3 Å². The molecule has 1 aliphatic rings. The summed E-state index contributed by atoms with van der Waals surface area (Å²) in [4.78, 5) is 2.11. The Bertz CT molecular complexity index is 528. The lowest BCUT2D eigenvalue weighted by Gasteiger charge is -2.32. The van der Waals surface area contributed by atoms with E-state index in [-0.39, 0.29) is 6.10 Å². The molecule has 1 fully saturated rings. The van der Waals surface area contributed by atoms with Crippen LogP contribution < -0.4 is 10.6 Å². The van der Waals surface area contributed by atoms with Gasteiger partial charge in [-0.15, -0.1) is 0 Å². The van der Waals surface area contributed by atoms with E-state index in [0.717, 1.165) is 18.2 Å². The highest BCUT2D eigenvalue weighted by molar-refractivity contribution is 5.40. The summed E-state index contributed by atoms with van der Waals surface area (Å²) in [6.07, 6.45) is 0.0367. The molecule has 100 valence electrons. The largest absolute Gasteiger partial charge is 0.373 e. The van der Waals surface area contributed by atoms with Gasteiger partial charge in [-0.05, 0) is 22.6 Å². The Labute approximate surface area is 111 Å². The van der Waals surface area contributed by atoms with Gasteiger partial charge in [0.05, 0.1) is 18.4 Å². The molecule has 0 radical (unpaired) electrons. The average molecular weight is 260 g/mol. The number of para-hydroxylation sites is 1. The Kier molecular flexibility index (Phi) is 3.39. The number of aromatic nitrogens is 4. The Morgan fingerprint density at radius 1 is 1.32 bits per heavy atom. The third kappa shape index (κ3) is 2.42. The molecule has 1 aromatic carbocycles. The highest BCUT2D eigenvalue weighted by Crippen LogP contribution is 2.17. The first-order valence-corrected chi connectivity index (χ1v) is 6.29. The summed E-state index contributed by atoms with van der Waals surface area (Å²) >= 11 is 0. The summed E-state index contributed by atoms with van der Waals surface area (Å²) in [5.74, 6) is 0.730. The molecule has 7 heteroatoms. The number of ether oxygens (including phenoxy) is 1. The number of anilines is 1. The zero-order valence-electron chi connectivity index (χ0n) is 10.5. The van der Waals surface area contributed by atoms with Crippen LogP contribution in [-0.4, -0.2) is 52.6 Å². The molecule has 1 saturated heterocycles. The molecule has 0 saturated carbocycles. The summed E-state index contributed by atoms with van der Waals surface area (Å²) in [5.41, 5.74) is 6.60. The molecule has 0 amide bonds. The van der Waals surface area contributed by atoms with Crippen LogP contribution in [0, 0.1) is 0 Å². The first-order chi connectivity index (χ1) is 9.38. The topological polar surface area (TPSA) is 82.1 Å². The zero-order valence-corrected chi connectivity index (χ0v) is 10.5. The van der Waals surface area contributed by atoms with Gasteiger partial charge in [0.25, 0.3) is 5.95 Å². The highest BCUT2D eigenvalue weighted by atomic mass is 16.5. The van der Waals surface area contributed by atoms with Crippen molar-refractivity contribution in [1.82, 2.24) is 20.2 Å². The Morgan fingerprint density at radius 2 is 2.16 bits per heavy atom. The lowest BCUT2D eigenvalue weighted by molar-refractivity contribution is 0.0458. The third-order valence-corrected chi connectivity index (χ3v) is 3.14. The molecule has 2 aromatic rings. The number of nitrogens with zero attached hydrogens (tertiary/aromatic N) is 5. The molecular formula is C12H16N6O. The average Bonchev–Trinajstić information content (AvgIpc) is 2.98. The molecule has 0 bridgehead atoms. The van der Waals surface area contributed by atoms with Gasteiger partial charge in [-0.2, -0.15) is 4.68 Å². The van der Waals surface area contributed by atoms with Crippen LogP contribution in [0.4, 0.5) is 5.95 Å². The van der Waals surface area contributed by atoms with Crippen LogP contribution in [0.5, 0.6) is 0 Å². The smallest absolute Gasteiger partial charge is 0.250 e. The number of hydrogen-bond donors (Lipinski definition) is 1. The summed E-state index contributed by atoms with van der Waals surface area (Å²) in [6.45, 7) is 2.63. The molecule has 0 aliphatic carbocycles. The number of tetrazole rings is 1. The summed E-state index contributed by atoms with van der Waals surface area (Å²) in [7, 11) is 0. The molecule has 1 unspecified atom stereocenters. The second-order valence-corrected chi connectivity index (χ2v) is 4.40. The quantitative estimate of drug-likeness (QED) is 0.825. The second kappa shape index (κ2) is 5.33. The van der Waals surface area contributed by atoms with Crippen LogP contribution in [0.3, 0.4) is 0 Å². The lowest BCUT2D eigenvalue weighted by atomic mass is 10.3. The van der Waals surface area contributed by atoms with Gasteiger partial charge < -0.3 is 15.4 Å². The van der Waals surface area contributed by atoms with Crippen molar-refractivity contribution in [3.63, 3.8) is 0 Å². The maximum atomic E-state index is 5.66. The Hall–Kier alpha value is -1.99. The van der Waals surface area contributed by atoms with Gasteiger partial charge in [-0.3, -0.25) is 0 Å². The van der Waals surface area contributed by atoms with E-state index in [0.29, 0.717) is 19.7 Å². The van der Waals surface area contributed by atoms with Gasteiger partial charge in [0.2, 0.25) is 0 Å². The van der Waals surface area contributed by atoms with Crippen molar-refractivity contribution in [3.8, 4) is 5.69 Å². The van der Waals surface area contributed by atoms with E-state index in [4.69, 9.17) is 10.5 Å². The fourth-order valence-electron chi connectivity index (χ4n) is 2.16. The third-order valence-electron chi connectivity index (χ3n) is 3.14. The van der Waals surface area contributed by atoms with Crippen LogP contribution in [0.15, 0.2) is 30.3 Å². The van der Waals surface area contributed by atoms with E-state index < -0.39 is 0 Å². The van der Waals surface area contributed by atoms with Crippen LogP contribution in [-0.2, 0) is 4.74 Å². The Balaban J connectivity index is 1.88. The van der Waals surface area contributed by atoms with Crippen molar-refractivity contribution in [3.05, 3.63) is 30.3 Å². The normalized spacial score (nSPS) is 19.6. The van der Waals surface area contributed by atoms with Crippen LogP contribution in [0.25, 0.3) is 5.69 Å². The first-order valence-electron chi connectivity index (χ1n) is 6.29. The van der Waals surface area contributed by atoms with Gasteiger partial charge >= 0.3 is 0 Å². The molecule has 2 N–H and O–H groups in total. The van der Waals surface area contributed by atoms with Crippen molar-refractivity contribution < 1.29 is 4.74 Å². The maximum absolute atomic E-state index is 5.66. The summed E-state index contributed by atoms with van der Waals surface area (Å²) in [6, 6.07) is 9.83. The van der Waals surface area contributed by atoms with Crippen molar-refractivity contribution in [2.24, 2.45) is 5.73 Å². The molecule has 19 heavy (non-hydrogen) atoms. The van der Waals surface area contributed by atoms with Gasteiger partial charge in [0.1, 0.15) is 0 Å². The predicted molar refractivity (Wildman–Crippen MR) is 70.2 cm³/mol. The molecule has 1 aliphatic heterocycles. The molecule has 2 heterocycles. The fraction of sp³-hybridized carbons (Fsp3) is 0.417. The van der Waals surface area contributed by atoms with Gasteiger partial charge in [0, 0.05) is 19.6 Å². The molecule has 3 rings (SSSR count). The van der Waals surface area contributed by atoms with Gasteiger partial charge in [0.15, 0.2) is 0 Å². The second-order valence-electron chi connectivity index (χ2n) is 4.40. The minimum Gasteiger partial charge on any atom is -0.373 e. The van der Waals surface area contributed by atoms with Crippen molar-refractivity contribution >= 4 is 5.95 Å². The first kappa shape index (κ1) is 12.1. The highest BCUT2D eigenvalue weighted by Gasteiger charge is 2.24. The van der Waals surface area contributed by atoms with Crippen molar-refractivity contribution in [2.75, 3.05) is 31.1 Å². The lowest BCUT2D eigenvalue weighted by Crippen LogP contribution is -2.46. The zero-order chi connectivity index (χ0) is 13.1. The van der Waals surface area contributed by atoms with Crippen LogP contribution in [0.1, 0.15) is 0 Å². The molecule has 0 spiro atoms. The number of benzene rings is 1. The van der Waals surface area contributed by atoms with E-state index >= 15 is 0 Å². The number of morpholine rings is 1. The fourth-order valence-corrected chi connectivity index (χ4v) is 2.16. The number of hydrogen-bond acceptors (Lipinski definition) is 6. The van der Waals surface area contributed by atoms with Gasteiger partial charge in [-0.1, -0.05) is 23.3 Å². The van der Waals surface area contributed by atoms with E-state index in [1.165, 1.54) is 0 Å². The summed E-state index contributed by atoms with van der Waals surface area (Å²) < 4.78 is 7.29. The SMILES string of the molecule is NCC1CN(c2nnnn2-c2ccccc2)CCO1. The molecule has 7 nitrogen and oxygen atoms in total.